The molecule has 9 nitrogen and oxygen atoms in total. The van der Waals surface area contributed by atoms with Crippen molar-refractivity contribution in [2.45, 2.75) is 45.2 Å². The molecule has 0 atom stereocenters. The predicted molar refractivity (Wildman–Crippen MR) is 146 cm³/mol. The summed E-state index contributed by atoms with van der Waals surface area (Å²) in [6, 6.07) is 11.5. The fraction of sp³-hybridized carbons (Fsp3) is 0.310. The van der Waals surface area contributed by atoms with Crippen molar-refractivity contribution in [3.63, 3.8) is 0 Å². The summed E-state index contributed by atoms with van der Waals surface area (Å²) in [5.41, 5.74) is 3.53. The Hall–Kier alpha value is -4.24. The van der Waals surface area contributed by atoms with Gasteiger partial charge in [0.25, 0.3) is 11.5 Å². The number of aromatic amines is 1. The smallest absolute Gasteiger partial charge is 0.259 e. The van der Waals surface area contributed by atoms with Gasteiger partial charge in [-0.3, -0.25) is 14.3 Å². The summed E-state index contributed by atoms with van der Waals surface area (Å²) in [6.07, 6.45) is 8.73. The number of fused-ring (bicyclic) bond motifs is 3. The highest BCUT2D eigenvalue weighted by atomic mass is 16.5. The van der Waals surface area contributed by atoms with Gasteiger partial charge in [-0.25, -0.2) is 4.99 Å². The van der Waals surface area contributed by atoms with Crippen LogP contribution in [0.3, 0.4) is 0 Å². The number of aliphatic imine (C=N–C) groups is 1. The zero-order chi connectivity index (χ0) is 26.1. The van der Waals surface area contributed by atoms with Crippen LogP contribution >= 0.6 is 0 Å². The molecular formula is C29H29N5O4. The van der Waals surface area contributed by atoms with Gasteiger partial charge in [0.1, 0.15) is 5.75 Å². The lowest BCUT2D eigenvalue weighted by Crippen LogP contribution is -2.24. The molecule has 0 saturated carbocycles. The van der Waals surface area contributed by atoms with E-state index in [4.69, 9.17) is 9.47 Å². The summed E-state index contributed by atoms with van der Waals surface area (Å²) in [6.45, 7) is 3.55. The third kappa shape index (κ3) is 4.72. The van der Waals surface area contributed by atoms with Crippen LogP contribution in [0.2, 0.25) is 0 Å². The number of allylic oxidation sites excluding steroid dienone is 1. The van der Waals surface area contributed by atoms with Gasteiger partial charge in [-0.1, -0.05) is 18.2 Å². The van der Waals surface area contributed by atoms with E-state index in [0.717, 1.165) is 47.7 Å². The number of carbonyl (C=O) groups is 1. The summed E-state index contributed by atoms with van der Waals surface area (Å²) in [4.78, 5) is 33.4. The van der Waals surface area contributed by atoms with Gasteiger partial charge in [-0.05, 0) is 61.6 Å². The Morgan fingerprint density at radius 2 is 2.08 bits per heavy atom. The van der Waals surface area contributed by atoms with E-state index < -0.39 is 0 Å². The van der Waals surface area contributed by atoms with E-state index >= 15 is 0 Å². The Balaban J connectivity index is 1.28. The average molecular weight is 512 g/mol. The highest BCUT2D eigenvalue weighted by Gasteiger charge is 2.22. The lowest BCUT2D eigenvalue weighted by Gasteiger charge is -2.23. The van der Waals surface area contributed by atoms with Crippen molar-refractivity contribution in [2.75, 3.05) is 13.2 Å². The summed E-state index contributed by atoms with van der Waals surface area (Å²) < 4.78 is 13.4. The number of pyridine rings is 1. The second-order valence-electron chi connectivity index (χ2n) is 9.74. The van der Waals surface area contributed by atoms with Gasteiger partial charge in [0, 0.05) is 43.3 Å². The number of ether oxygens (including phenoxy) is 2. The average Bonchev–Trinajstić information content (AvgIpc) is 3.39. The Morgan fingerprint density at radius 3 is 2.89 bits per heavy atom. The minimum absolute atomic E-state index is 0.148. The molecule has 4 aromatic rings. The number of hydrogen-bond acceptors (Lipinski definition) is 6. The van der Waals surface area contributed by atoms with Crippen LogP contribution in [0.25, 0.3) is 21.8 Å². The number of aryl methyl sites for hydroxylation is 1. The highest BCUT2D eigenvalue weighted by molar-refractivity contribution is 6.07. The van der Waals surface area contributed by atoms with Gasteiger partial charge in [-0.2, -0.15) is 5.10 Å². The van der Waals surface area contributed by atoms with Crippen molar-refractivity contribution in [1.82, 2.24) is 20.1 Å². The van der Waals surface area contributed by atoms with Crippen LogP contribution in [0.4, 0.5) is 0 Å². The first-order valence-electron chi connectivity index (χ1n) is 12.9. The number of nitrogens with zero attached hydrogens (tertiary/aromatic N) is 3. The van der Waals surface area contributed by atoms with Crippen molar-refractivity contribution in [2.24, 2.45) is 4.99 Å². The van der Waals surface area contributed by atoms with Crippen molar-refractivity contribution >= 4 is 33.6 Å². The Labute approximate surface area is 219 Å². The molecule has 2 aromatic heterocycles. The molecule has 0 spiro atoms. The molecule has 2 N–H and O–H groups in total. The van der Waals surface area contributed by atoms with Gasteiger partial charge in [-0.15, -0.1) is 0 Å². The minimum atomic E-state index is -0.186. The molecule has 0 unspecified atom stereocenters. The summed E-state index contributed by atoms with van der Waals surface area (Å²) in [5.74, 6) is 1.19. The molecule has 1 saturated heterocycles. The standard InChI is InChI=1S/C29H29N5O4/c1-18-13-25-23(27-24(29(36)33-25)17-32-34(27)20-8-11-37-12-9-20)15-22(18)28(35)31-16-19-5-4-6-21(14-19)38-26-7-2-3-10-30-26/h3-6,10,13-15,17,20H,2,7-9,11-12,16H2,1H3,(H,31,35)(H,33,36). The van der Waals surface area contributed by atoms with E-state index in [2.05, 4.69) is 20.4 Å². The Bertz CT molecular complexity index is 1640. The first-order valence-corrected chi connectivity index (χ1v) is 12.9. The number of carbonyl (C=O) groups excluding carboxylic acids is 1. The quantitative estimate of drug-likeness (QED) is 0.408. The molecule has 0 aliphatic carbocycles. The van der Waals surface area contributed by atoms with Crippen molar-refractivity contribution < 1.29 is 14.3 Å². The number of hydrogen-bond donors (Lipinski definition) is 2. The Kier molecular flexibility index (Phi) is 6.51. The lowest BCUT2D eigenvalue weighted by molar-refractivity contribution is 0.0675. The molecule has 2 aliphatic heterocycles. The normalized spacial score (nSPS) is 16.1. The first kappa shape index (κ1) is 24.1. The van der Waals surface area contributed by atoms with E-state index in [0.29, 0.717) is 47.9 Å². The maximum Gasteiger partial charge on any atom is 0.259 e. The first-order chi connectivity index (χ1) is 18.6. The summed E-state index contributed by atoms with van der Waals surface area (Å²) in [5, 5.41) is 8.93. The molecule has 9 heteroatoms. The van der Waals surface area contributed by atoms with Crippen molar-refractivity contribution in [3.8, 4) is 5.75 Å². The molecule has 38 heavy (non-hydrogen) atoms. The van der Waals surface area contributed by atoms with Gasteiger partial charge < -0.3 is 19.8 Å². The zero-order valence-electron chi connectivity index (χ0n) is 21.2. The highest BCUT2D eigenvalue weighted by Crippen LogP contribution is 2.30. The molecule has 1 fully saturated rings. The van der Waals surface area contributed by atoms with Crippen molar-refractivity contribution in [1.29, 1.82) is 0 Å². The van der Waals surface area contributed by atoms with Crippen LogP contribution in [0, 0.1) is 6.92 Å². The topological polar surface area (TPSA) is 111 Å². The third-order valence-corrected chi connectivity index (χ3v) is 7.13. The molecule has 4 heterocycles. The van der Waals surface area contributed by atoms with E-state index in [1.807, 2.05) is 54.1 Å². The largest absolute Gasteiger partial charge is 0.443 e. The summed E-state index contributed by atoms with van der Waals surface area (Å²) in [7, 11) is 0. The molecule has 0 bridgehead atoms. The monoisotopic (exact) mass is 511 g/mol. The number of amides is 1. The van der Waals surface area contributed by atoms with Crippen LogP contribution < -0.4 is 15.6 Å². The number of H-pyrrole nitrogens is 1. The SMILES string of the molecule is Cc1cc2[nH]c(=O)c3cnn(C4CCOCC4)c3c2cc1C(=O)NCc1cccc(OC2=NC=CCC2)c1. The van der Waals surface area contributed by atoms with Crippen molar-refractivity contribution in [3.05, 3.63) is 81.9 Å². The van der Waals surface area contributed by atoms with Crippen LogP contribution in [-0.2, 0) is 11.3 Å². The maximum absolute atomic E-state index is 13.3. The van der Waals surface area contributed by atoms with E-state index in [9.17, 15) is 9.59 Å². The minimum Gasteiger partial charge on any atom is -0.443 e. The molecule has 194 valence electrons. The maximum atomic E-state index is 13.3. The van der Waals surface area contributed by atoms with Crippen LogP contribution in [0.15, 0.2) is 64.7 Å². The number of aromatic nitrogens is 3. The van der Waals surface area contributed by atoms with Crippen LogP contribution in [0.1, 0.15) is 53.2 Å². The van der Waals surface area contributed by atoms with Crippen LogP contribution in [-0.4, -0.2) is 39.8 Å². The van der Waals surface area contributed by atoms with Crippen LogP contribution in [0.5, 0.6) is 5.75 Å². The molecule has 2 aliphatic rings. The second-order valence-corrected chi connectivity index (χ2v) is 9.74. The van der Waals surface area contributed by atoms with E-state index in [-0.39, 0.29) is 17.5 Å². The predicted octanol–water partition coefficient (Wildman–Crippen LogP) is 4.55. The molecular weight excluding hydrogens is 482 g/mol. The summed E-state index contributed by atoms with van der Waals surface area (Å²) >= 11 is 0. The molecule has 2 aromatic carbocycles. The third-order valence-electron chi connectivity index (χ3n) is 7.13. The van der Waals surface area contributed by atoms with Gasteiger partial charge >= 0.3 is 0 Å². The fourth-order valence-electron chi connectivity index (χ4n) is 5.14. The number of rotatable bonds is 5. The van der Waals surface area contributed by atoms with Gasteiger partial charge in [0.15, 0.2) is 5.90 Å². The zero-order valence-corrected chi connectivity index (χ0v) is 21.2. The number of nitrogens with one attached hydrogen (secondary N) is 2. The fourth-order valence-corrected chi connectivity index (χ4v) is 5.14. The van der Waals surface area contributed by atoms with E-state index in [1.165, 1.54) is 0 Å². The molecule has 1 amide bonds. The molecule has 6 rings (SSSR count). The second kappa shape index (κ2) is 10.3. The lowest BCUT2D eigenvalue weighted by atomic mass is 10.0. The van der Waals surface area contributed by atoms with E-state index in [1.54, 1.807) is 12.4 Å². The number of benzene rings is 2. The van der Waals surface area contributed by atoms with Gasteiger partial charge in [0.2, 0.25) is 0 Å². The Morgan fingerprint density at radius 1 is 1.21 bits per heavy atom. The molecule has 0 radical (unpaired) electrons. The van der Waals surface area contributed by atoms with Gasteiger partial charge in [0.05, 0.1) is 28.7 Å².